The van der Waals surface area contributed by atoms with Gasteiger partial charge in [0.1, 0.15) is 5.41 Å². The minimum absolute atomic E-state index is 0.227. The first-order chi connectivity index (χ1) is 10.4. The van der Waals surface area contributed by atoms with E-state index in [1.807, 2.05) is 31.2 Å². The van der Waals surface area contributed by atoms with E-state index in [2.05, 4.69) is 17.6 Å². The lowest BCUT2D eigenvalue weighted by Crippen LogP contribution is -2.45. The van der Waals surface area contributed by atoms with Crippen LogP contribution in [0.1, 0.15) is 52.5 Å². The van der Waals surface area contributed by atoms with Crippen LogP contribution in [0.2, 0.25) is 0 Å². The number of hydrogen-bond donors (Lipinski definition) is 2. The summed E-state index contributed by atoms with van der Waals surface area (Å²) in [6, 6.07) is 7.67. The Labute approximate surface area is 133 Å². The normalized spacial score (nSPS) is 11.1. The average molecular weight is 304 g/mol. The van der Waals surface area contributed by atoms with E-state index in [0.29, 0.717) is 6.54 Å². The van der Waals surface area contributed by atoms with E-state index in [-0.39, 0.29) is 11.8 Å². The van der Waals surface area contributed by atoms with Gasteiger partial charge in [0.15, 0.2) is 0 Å². The molecule has 0 radical (unpaired) electrons. The highest BCUT2D eigenvalue weighted by Gasteiger charge is 2.36. The summed E-state index contributed by atoms with van der Waals surface area (Å²) in [5, 5.41) is 5.74. The number of amides is 2. The highest BCUT2D eigenvalue weighted by molar-refractivity contribution is 6.10. The van der Waals surface area contributed by atoms with E-state index in [0.717, 1.165) is 36.9 Å². The van der Waals surface area contributed by atoms with Crippen LogP contribution in [-0.2, 0) is 16.0 Å². The van der Waals surface area contributed by atoms with Crippen molar-refractivity contribution in [2.75, 3.05) is 11.9 Å². The first-order valence-electron chi connectivity index (χ1n) is 8.11. The van der Waals surface area contributed by atoms with Crippen LogP contribution in [0.4, 0.5) is 5.69 Å². The van der Waals surface area contributed by atoms with Gasteiger partial charge in [0.05, 0.1) is 0 Å². The Kier molecular flexibility index (Phi) is 7.09. The molecule has 2 N–H and O–H groups in total. The molecule has 122 valence electrons. The number of carbonyl (C=O) groups is 2. The first-order valence-corrected chi connectivity index (χ1v) is 8.11. The van der Waals surface area contributed by atoms with Crippen LogP contribution in [-0.4, -0.2) is 18.4 Å². The van der Waals surface area contributed by atoms with Crippen LogP contribution >= 0.6 is 0 Å². The van der Waals surface area contributed by atoms with Crippen LogP contribution in [0.5, 0.6) is 0 Å². The lowest BCUT2D eigenvalue weighted by atomic mass is 9.90. The third kappa shape index (κ3) is 4.86. The molecule has 1 aromatic carbocycles. The SMILES string of the molecule is CCCCCNC(=O)C(C)(C)C(=O)Nc1ccccc1CC. The molecule has 0 bridgehead atoms. The van der Waals surface area contributed by atoms with Crippen molar-refractivity contribution in [1.82, 2.24) is 5.32 Å². The fraction of sp³-hybridized carbons (Fsp3) is 0.556. The minimum Gasteiger partial charge on any atom is -0.355 e. The molecule has 0 aliphatic carbocycles. The molecule has 4 nitrogen and oxygen atoms in total. The fourth-order valence-electron chi connectivity index (χ4n) is 2.13. The van der Waals surface area contributed by atoms with Crippen LogP contribution in [0.25, 0.3) is 0 Å². The molecule has 1 rings (SSSR count). The number of unbranched alkanes of at least 4 members (excludes halogenated alkanes) is 2. The number of nitrogens with one attached hydrogen (secondary N) is 2. The minimum atomic E-state index is -1.09. The molecule has 0 aliphatic rings. The lowest BCUT2D eigenvalue weighted by Gasteiger charge is -2.23. The van der Waals surface area contributed by atoms with Gasteiger partial charge in [-0.15, -0.1) is 0 Å². The summed E-state index contributed by atoms with van der Waals surface area (Å²) in [5.74, 6) is -0.503. The van der Waals surface area contributed by atoms with Gasteiger partial charge in [-0.05, 0) is 38.3 Å². The van der Waals surface area contributed by atoms with Gasteiger partial charge >= 0.3 is 0 Å². The molecule has 0 saturated heterocycles. The monoisotopic (exact) mass is 304 g/mol. The van der Waals surface area contributed by atoms with E-state index in [4.69, 9.17) is 0 Å². The molecular formula is C18H28N2O2. The molecule has 0 unspecified atom stereocenters. The molecule has 0 aliphatic heterocycles. The molecule has 1 aromatic rings. The van der Waals surface area contributed by atoms with E-state index < -0.39 is 5.41 Å². The largest absolute Gasteiger partial charge is 0.355 e. The van der Waals surface area contributed by atoms with Gasteiger partial charge in [0.25, 0.3) is 0 Å². The smallest absolute Gasteiger partial charge is 0.239 e. The summed E-state index contributed by atoms with van der Waals surface area (Å²) >= 11 is 0. The molecule has 0 fully saturated rings. The average Bonchev–Trinajstić information content (AvgIpc) is 2.51. The lowest BCUT2D eigenvalue weighted by molar-refractivity contribution is -0.138. The zero-order valence-electron chi connectivity index (χ0n) is 14.2. The van der Waals surface area contributed by atoms with Crippen molar-refractivity contribution in [3.63, 3.8) is 0 Å². The van der Waals surface area contributed by atoms with Gasteiger partial charge in [0, 0.05) is 12.2 Å². The van der Waals surface area contributed by atoms with Gasteiger partial charge in [0.2, 0.25) is 11.8 Å². The molecule has 2 amide bonds. The maximum Gasteiger partial charge on any atom is 0.239 e. The van der Waals surface area contributed by atoms with Gasteiger partial charge < -0.3 is 10.6 Å². The number of rotatable bonds is 8. The van der Waals surface area contributed by atoms with Crippen LogP contribution < -0.4 is 10.6 Å². The zero-order chi connectivity index (χ0) is 16.6. The Bertz CT molecular complexity index is 510. The predicted octanol–water partition coefficient (Wildman–Crippen LogP) is 3.52. The van der Waals surface area contributed by atoms with Crippen molar-refractivity contribution in [2.45, 2.75) is 53.4 Å². The van der Waals surface area contributed by atoms with E-state index in [9.17, 15) is 9.59 Å². The third-order valence-electron chi connectivity index (χ3n) is 3.85. The van der Waals surface area contributed by atoms with Crippen LogP contribution in [0.3, 0.4) is 0 Å². The van der Waals surface area contributed by atoms with Gasteiger partial charge in [-0.25, -0.2) is 0 Å². The van der Waals surface area contributed by atoms with Crippen molar-refractivity contribution in [3.05, 3.63) is 29.8 Å². The molecule has 0 aromatic heterocycles. The summed E-state index contributed by atoms with van der Waals surface area (Å²) in [6.07, 6.45) is 3.96. The number of anilines is 1. The highest BCUT2D eigenvalue weighted by atomic mass is 16.2. The Morgan fingerprint density at radius 3 is 2.36 bits per heavy atom. The molecule has 0 atom stereocenters. The number of para-hydroxylation sites is 1. The maximum atomic E-state index is 12.5. The van der Waals surface area contributed by atoms with Gasteiger partial charge in [-0.1, -0.05) is 44.9 Å². The Hall–Kier alpha value is -1.84. The number of benzene rings is 1. The van der Waals surface area contributed by atoms with Crippen molar-refractivity contribution in [3.8, 4) is 0 Å². The summed E-state index contributed by atoms with van der Waals surface area (Å²) < 4.78 is 0. The summed E-state index contributed by atoms with van der Waals surface area (Å²) in [7, 11) is 0. The Balaban J connectivity index is 2.67. The van der Waals surface area contributed by atoms with Gasteiger partial charge in [-0.3, -0.25) is 9.59 Å². The molecule has 0 spiro atoms. The van der Waals surface area contributed by atoms with Gasteiger partial charge in [-0.2, -0.15) is 0 Å². The second-order valence-electron chi connectivity index (χ2n) is 6.05. The maximum absolute atomic E-state index is 12.5. The van der Waals surface area contributed by atoms with Crippen molar-refractivity contribution in [2.24, 2.45) is 5.41 Å². The summed E-state index contributed by atoms with van der Waals surface area (Å²) in [4.78, 5) is 24.7. The molecule has 0 saturated carbocycles. The molecule has 0 heterocycles. The third-order valence-corrected chi connectivity index (χ3v) is 3.85. The van der Waals surface area contributed by atoms with Crippen molar-refractivity contribution in [1.29, 1.82) is 0 Å². The van der Waals surface area contributed by atoms with Crippen LogP contribution in [0.15, 0.2) is 24.3 Å². The first kappa shape index (κ1) is 18.2. The molecule has 22 heavy (non-hydrogen) atoms. The predicted molar refractivity (Wildman–Crippen MR) is 90.8 cm³/mol. The number of carbonyl (C=O) groups excluding carboxylic acids is 2. The second kappa shape index (κ2) is 8.57. The standard InChI is InChI=1S/C18H28N2O2/c1-5-7-10-13-19-16(21)18(3,4)17(22)20-15-12-9-8-11-14(15)6-2/h8-9,11-12H,5-7,10,13H2,1-4H3,(H,19,21)(H,20,22). The second-order valence-corrected chi connectivity index (χ2v) is 6.05. The molecule has 4 heteroatoms. The number of aryl methyl sites for hydroxylation is 1. The fourth-order valence-corrected chi connectivity index (χ4v) is 2.13. The zero-order valence-corrected chi connectivity index (χ0v) is 14.2. The topological polar surface area (TPSA) is 58.2 Å². The van der Waals surface area contributed by atoms with E-state index in [1.54, 1.807) is 13.8 Å². The van der Waals surface area contributed by atoms with Crippen LogP contribution in [0, 0.1) is 5.41 Å². The quantitative estimate of drug-likeness (QED) is 0.570. The number of hydrogen-bond acceptors (Lipinski definition) is 2. The Morgan fingerprint density at radius 1 is 1.05 bits per heavy atom. The Morgan fingerprint density at radius 2 is 1.73 bits per heavy atom. The molecular weight excluding hydrogens is 276 g/mol. The van der Waals surface area contributed by atoms with E-state index in [1.165, 1.54) is 0 Å². The van der Waals surface area contributed by atoms with Crippen molar-refractivity contribution < 1.29 is 9.59 Å². The summed E-state index contributed by atoms with van der Waals surface area (Å²) in [6.45, 7) is 8.09. The highest BCUT2D eigenvalue weighted by Crippen LogP contribution is 2.21. The van der Waals surface area contributed by atoms with E-state index >= 15 is 0 Å². The summed E-state index contributed by atoms with van der Waals surface area (Å²) in [5.41, 5.74) is 0.754. The van der Waals surface area contributed by atoms with Crippen molar-refractivity contribution >= 4 is 17.5 Å².